The van der Waals surface area contributed by atoms with Crippen LogP contribution >= 0.6 is 0 Å². The molecule has 0 saturated heterocycles. The van der Waals surface area contributed by atoms with Gasteiger partial charge in [-0.1, -0.05) is 67.8 Å². The molecular formula is C26H31N3O. The lowest BCUT2D eigenvalue weighted by Crippen LogP contribution is -2.45. The molecule has 1 aromatic heterocycles. The number of aromatic nitrogens is 2. The number of hydrogen-bond acceptors (Lipinski definition) is 2. The van der Waals surface area contributed by atoms with Gasteiger partial charge in [0.05, 0.1) is 16.8 Å². The molecule has 0 atom stereocenters. The Hall–Kier alpha value is -2.88. The van der Waals surface area contributed by atoms with E-state index in [-0.39, 0.29) is 5.91 Å². The van der Waals surface area contributed by atoms with E-state index in [0.29, 0.717) is 6.54 Å². The molecule has 3 aromatic rings. The Labute approximate surface area is 179 Å². The van der Waals surface area contributed by atoms with Gasteiger partial charge in [-0.05, 0) is 50.8 Å². The molecule has 30 heavy (non-hydrogen) atoms. The fourth-order valence-corrected chi connectivity index (χ4v) is 4.86. The maximum Gasteiger partial charge on any atom is 0.230 e. The first-order chi connectivity index (χ1) is 14.5. The number of rotatable bonds is 5. The minimum Gasteiger partial charge on any atom is -0.351 e. The van der Waals surface area contributed by atoms with Crippen LogP contribution in [0, 0.1) is 20.8 Å². The number of nitrogens with one attached hydrogen (secondary N) is 1. The molecule has 0 aliphatic heterocycles. The van der Waals surface area contributed by atoms with Gasteiger partial charge < -0.3 is 5.32 Å². The molecule has 1 aliphatic rings. The van der Waals surface area contributed by atoms with Crippen LogP contribution in [0.4, 0.5) is 0 Å². The fourth-order valence-electron chi connectivity index (χ4n) is 4.86. The molecule has 4 rings (SSSR count). The first-order valence-electron chi connectivity index (χ1n) is 11.0. The van der Waals surface area contributed by atoms with Crippen molar-refractivity contribution in [3.63, 3.8) is 0 Å². The summed E-state index contributed by atoms with van der Waals surface area (Å²) in [7, 11) is 0. The first kappa shape index (κ1) is 20.4. The van der Waals surface area contributed by atoms with Crippen LogP contribution in [0.5, 0.6) is 0 Å². The quantitative estimate of drug-likeness (QED) is 0.629. The molecule has 0 bridgehead atoms. The number of carbonyl (C=O) groups excluding carboxylic acids is 1. The van der Waals surface area contributed by atoms with E-state index in [0.717, 1.165) is 53.9 Å². The lowest BCUT2D eigenvalue weighted by atomic mass is 9.68. The monoisotopic (exact) mass is 401 g/mol. The van der Waals surface area contributed by atoms with Gasteiger partial charge in [0.1, 0.15) is 0 Å². The summed E-state index contributed by atoms with van der Waals surface area (Å²) in [4.78, 5) is 13.5. The molecule has 1 N–H and O–H groups in total. The van der Waals surface area contributed by atoms with Crippen molar-refractivity contribution in [1.29, 1.82) is 0 Å². The summed E-state index contributed by atoms with van der Waals surface area (Å²) in [5.74, 6) is 0.149. The van der Waals surface area contributed by atoms with Gasteiger partial charge in [0.2, 0.25) is 5.91 Å². The molecule has 156 valence electrons. The molecule has 2 aromatic carbocycles. The topological polar surface area (TPSA) is 46.9 Å². The standard InChI is InChI=1S/C26H31N3O/c1-19-12-8-9-15-24(19)29-21(3)23(20(2)28-29)18-27-25(30)26(16-10-5-11-17-26)22-13-6-4-7-14-22/h4,6-9,12-15H,5,10-11,16-18H2,1-3H3,(H,27,30). The summed E-state index contributed by atoms with van der Waals surface area (Å²) < 4.78 is 2.00. The number of para-hydroxylation sites is 1. The van der Waals surface area contributed by atoms with E-state index in [9.17, 15) is 4.79 Å². The molecule has 0 spiro atoms. The third kappa shape index (κ3) is 3.67. The molecule has 4 nitrogen and oxygen atoms in total. The molecule has 1 saturated carbocycles. The van der Waals surface area contributed by atoms with E-state index in [1.54, 1.807) is 0 Å². The molecular weight excluding hydrogens is 370 g/mol. The highest BCUT2D eigenvalue weighted by Gasteiger charge is 2.40. The van der Waals surface area contributed by atoms with Gasteiger partial charge in [0.15, 0.2) is 0 Å². The zero-order valence-electron chi connectivity index (χ0n) is 18.2. The van der Waals surface area contributed by atoms with Crippen molar-refractivity contribution in [3.05, 3.63) is 82.7 Å². The van der Waals surface area contributed by atoms with Crippen molar-refractivity contribution in [2.24, 2.45) is 0 Å². The summed E-state index contributed by atoms with van der Waals surface area (Å²) >= 11 is 0. The van der Waals surface area contributed by atoms with Crippen LogP contribution in [-0.2, 0) is 16.8 Å². The second-order valence-electron chi connectivity index (χ2n) is 8.54. The van der Waals surface area contributed by atoms with Crippen molar-refractivity contribution in [1.82, 2.24) is 15.1 Å². The average molecular weight is 402 g/mol. The SMILES string of the molecule is Cc1ccccc1-n1nc(C)c(CNC(=O)C2(c3ccccc3)CCCCC2)c1C. The number of carbonyl (C=O) groups is 1. The van der Waals surface area contributed by atoms with Crippen molar-refractivity contribution in [3.8, 4) is 5.69 Å². The molecule has 0 radical (unpaired) electrons. The molecule has 4 heteroatoms. The van der Waals surface area contributed by atoms with Crippen LogP contribution in [0.3, 0.4) is 0 Å². The highest BCUT2D eigenvalue weighted by Crippen LogP contribution is 2.39. The summed E-state index contributed by atoms with van der Waals surface area (Å²) in [6.45, 7) is 6.72. The zero-order chi connectivity index (χ0) is 21.1. The summed E-state index contributed by atoms with van der Waals surface area (Å²) in [5.41, 5.74) is 6.16. The smallest absolute Gasteiger partial charge is 0.230 e. The van der Waals surface area contributed by atoms with E-state index < -0.39 is 5.41 Å². The maximum atomic E-state index is 13.5. The summed E-state index contributed by atoms with van der Waals surface area (Å²) in [6.07, 6.45) is 5.26. The van der Waals surface area contributed by atoms with Crippen LogP contribution in [0.1, 0.15) is 60.2 Å². The second kappa shape index (κ2) is 8.47. The predicted molar refractivity (Wildman–Crippen MR) is 121 cm³/mol. The van der Waals surface area contributed by atoms with Crippen LogP contribution < -0.4 is 5.32 Å². The number of benzene rings is 2. The summed E-state index contributed by atoms with van der Waals surface area (Å²) in [5, 5.41) is 8.05. The van der Waals surface area contributed by atoms with E-state index in [2.05, 4.69) is 43.4 Å². The Kier molecular flexibility index (Phi) is 5.76. The highest BCUT2D eigenvalue weighted by atomic mass is 16.2. The Bertz CT molecular complexity index is 1030. The Morgan fingerprint density at radius 3 is 2.33 bits per heavy atom. The van der Waals surface area contributed by atoms with Crippen LogP contribution in [0.15, 0.2) is 54.6 Å². The second-order valence-corrected chi connectivity index (χ2v) is 8.54. The van der Waals surface area contributed by atoms with E-state index in [4.69, 9.17) is 5.10 Å². The Balaban J connectivity index is 1.58. The van der Waals surface area contributed by atoms with E-state index in [1.807, 2.05) is 41.9 Å². The van der Waals surface area contributed by atoms with Gasteiger partial charge in [-0.2, -0.15) is 5.10 Å². The fraction of sp³-hybridized carbons (Fsp3) is 0.385. The summed E-state index contributed by atoms with van der Waals surface area (Å²) in [6, 6.07) is 18.6. The van der Waals surface area contributed by atoms with Gasteiger partial charge in [0.25, 0.3) is 0 Å². The van der Waals surface area contributed by atoms with Crippen molar-refractivity contribution in [2.45, 2.75) is 64.8 Å². The van der Waals surface area contributed by atoms with Gasteiger partial charge >= 0.3 is 0 Å². The van der Waals surface area contributed by atoms with E-state index >= 15 is 0 Å². The Morgan fingerprint density at radius 1 is 0.967 bits per heavy atom. The molecule has 1 aliphatic carbocycles. The van der Waals surface area contributed by atoms with Crippen molar-refractivity contribution >= 4 is 5.91 Å². The van der Waals surface area contributed by atoms with Crippen LogP contribution in [-0.4, -0.2) is 15.7 Å². The van der Waals surface area contributed by atoms with Crippen molar-refractivity contribution in [2.75, 3.05) is 0 Å². The van der Waals surface area contributed by atoms with E-state index in [1.165, 1.54) is 12.0 Å². The average Bonchev–Trinajstić information content (AvgIpc) is 3.06. The number of hydrogen-bond donors (Lipinski definition) is 1. The number of amides is 1. The zero-order valence-corrected chi connectivity index (χ0v) is 18.2. The van der Waals surface area contributed by atoms with Gasteiger partial charge in [-0.15, -0.1) is 0 Å². The first-order valence-corrected chi connectivity index (χ1v) is 11.0. The normalized spacial score (nSPS) is 15.7. The van der Waals surface area contributed by atoms with Gasteiger partial charge in [0, 0.05) is 17.8 Å². The predicted octanol–water partition coefficient (Wildman–Crippen LogP) is 5.32. The third-order valence-electron chi connectivity index (χ3n) is 6.68. The molecule has 1 heterocycles. The Morgan fingerprint density at radius 2 is 1.63 bits per heavy atom. The minimum absolute atomic E-state index is 0.149. The lowest BCUT2D eigenvalue weighted by molar-refractivity contribution is -0.128. The molecule has 0 unspecified atom stereocenters. The minimum atomic E-state index is -0.409. The van der Waals surface area contributed by atoms with Gasteiger partial charge in [-0.3, -0.25) is 4.79 Å². The third-order valence-corrected chi connectivity index (χ3v) is 6.68. The number of aryl methyl sites for hydroxylation is 2. The lowest BCUT2D eigenvalue weighted by Gasteiger charge is -2.36. The maximum absolute atomic E-state index is 13.5. The number of nitrogens with zero attached hydrogens (tertiary/aromatic N) is 2. The molecule has 1 amide bonds. The van der Waals surface area contributed by atoms with Crippen LogP contribution in [0.25, 0.3) is 5.69 Å². The van der Waals surface area contributed by atoms with Crippen molar-refractivity contribution < 1.29 is 4.79 Å². The largest absolute Gasteiger partial charge is 0.351 e. The van der Waals surface area contributed by atoms with Crippen LogP contribution in [0.2, 0.25) is 0 Å². The highest BCUT2D eigenvalue weighted by molar-refractivity contribution is 5.88. The van der Waals surface area contributed by atoms with Gasteiger partial charge in [-0.25, -0.2) is 4.68 Å². The molecule has 1 fully saturated rings.